The van der Waals surface area contributed by atoms with Crippen molar-refractivity contribution in [1.29, 1.82) is 0 Å². The van der Waals surface area contributed by atoms with Gasteiger partial charge in [-0.3, -0.25) is 9.67 Å². The van der Waals surface area contributed by atoms with Crippen LogP contribution in [0.15, 0.2) is 30.7 Å². The number of nitrogens with zero attached hydrogens (tertiary/aromatic N) is 3. The summed E-state index contributed by atoms with van der Waals surface area (Å²) in [5.41, 5.74) is 2.07. The number of nitrogens with one attached hydrogen (secondary N) is 1. The summed E-state index contributed by atoms with van der Waals surface area (Å²) in [6.45, 7) is 0.707. The van der Waals surface area contributed by atoms with Gasteiger partial charge in [-0.1, -0.05) is 0 Å². The molecule has 2 heterocycles. The second-order valence-electron chi connectivity index (χ2n) is 3.14. The van der Waals surface area contributed by atoms with Crippen molar-refractivity contribution >= 4 is 28.3 Å². The number of hydrogen-bond acceptors (Lipinski definition) is 3. The average Bonchev–Trinajstić information content (AvgIpc) is 2.64. The Bertz CT molecular complexity index is 452. The van der Waals surface area contributed by atoms with E-state index in [1.807, 2.05) is 36.3 Å². The molecule has 0 aliphatic carbocycles. The minimum absolute atomic E-state index is 0.707. The Labute approximate surface area is 102 Å². The van der Waals surface area contributed by atoms with Gasteiger partial charge in [0.2, 0.25) is 0 Å². The molecule has 0 atom stereocenters. The van der Waals surface area contributed by atoms with Crippen molar-refractivity contribution in [2.45, 2.75) is 6.54 Å². The summed E-state index contributed by atoms with van der Waals surface area (Å²) in [7, 11) is 1.90. The van der Waals surface area contributed by atoms with Crippen LogP contribution in [-0.4, -0.2) is 21.8 Å². The molecule has 0 aliphatic heterocycles. The third-order valence-electron chi connectivity index (χ3n) is 2.03. The Balaban J connectivity index is 2.16. The second-order valence-corrected chi connectivity index (χ2v) is 4.39. The van der Waals surface area contributed by atoms with Gasteiger partial charge in [0, 0.05) is 25.1 Å². The maximum atomic E-state index is 4.29. The molecule has 2 aromatic rings. The molecule has 15 heavy (non-hydrogen) atoms. The Morgan fingerprint density at radius 3 is 3.07 bits per heavy atom. The van der Waals surface area contributed by atoms with Crippen LogP contribution in [0, 0.1) is 3.57 Å². The summed E-state index contributed by atoms with van der Waals surface area (Å²) in [5, 5.41) is 7.30. The standard InChI is InChI=1S/C10H11IN4/c1-12-9-2-3-13-10(4-9)7-15-6-8(11)5-14-15/h2-6H,7H2,1H3,(H,12,13). The molecule has 2 aromatic heterocycles. The number of anilines is 1. The van der Waals surface area contributed by atoms with Gasteiger partial charge in [-0.2, -0.15) is 5.10 Å². The summed E-state index contributed by atoms with van der Waals surface area (Å²) in [6.07, 6.45) is 5.63. The minimum atomic E-state index is 0.707. The van der Waals surface area contributed by atoms with Crippen LogP contribution in [0.4, 0.5) is 5.69 Å². The molecule has 0 spiro atoms. The smallest absolute Gasteiger partial charge is 0.0832 e. The molecular weight excluding hydrogens is 303 g/mol. The van der Waals surface area contributed by atoms with Crippen molar-refractivity contribution in [3.63, 3.8) is 0 Å². The van der Waals surface area contributed by atoms with Gasteiger partial charge in [0.25, 0.3) is 0 Å². The third-order valence-corrected chi connectivity index (χ3v) is 2.59. The van der Waals surface area contributed by atoms with Crippen LogP contribution >= 0.6 is 22.6 Å². The molecular formula is C10H11IN4. The van der Waals surface area contributed by atoms with Gasteiger partial charge in [-0.25, -0.2) is 0 Å². The van der Waals surface area contributed by atoms with E-state index in [1.165, 1.54) is 0 Å². The molecule has 0 unspecified atom stereocenters. The highest BCUT2D eigenvalue weighted by molar-refractivity contribution is 14.1. The fourth-order valence-electron chi connectivity index (χ4n) is 1.31. The number of pyridine rings is 1. The van der Waals surface area contributed by atoms with E-state index in [0.29, 0.717) is 6.54 Å². The Morgan fingerprint density at radius 1 is 1.53 bits per heavy atom. The van der Waals surface area contributed by atoms with Crippen molar-refractivity contribution in [2.75, 3.05) is 12.4 Å². The summed E-state index contributed by atoms with van der Waals surface area (Å²) < 4.78 is 3.01. The molecule has 0 bridgehead atoms. The molecule has 78 valence electrons. The van der Waals surface area contributed by atoms with Crippen molar-refractivity contribution in [3.05, 3.63) is 40.0 Å². The van der Waals surface area contributed by atoms with Gasteiger partial charge in [0.1, 0.15) is 0 Å². The summed E-state index contributed by atoms with van der Waals surface area (Å²) in [5.74, 6) is 0. The first-order chi connectivity index (χ1) is 7.28. The van der Waals surface area contributed by atoms with Gasteiger partial charge in [0.05, 0.1) is 22.0 Å². The maximum absolute atomic E-state index is 4.29. The molecule has 0 aliphatic rings. The Kier molecular flexibility index (Phi) is 3.20. The lowest BCUT2D eigenvalue weighted by atomic mass is 10.3. The van der Waals surface area contributed by atoms with Crippen molar-refractivity contribution < 1.29 is 0 Å². The lowest BCUT2D eigenvalue weighted by Gasteiger charge is -2.03. The van der Waals surface area contributed by atoms with E-state index in [2.05, 4.69) is 38.0 Å². The normalized spacial score (nSPS) is 10.3. The van der Waals surface area contributed by atoms with E-state index in [9.17, 15) is 0 Å². The summed E-state index contributed by atoms with van der Waals surface area (Å²) >= 11 is 2.24. The zero-order valence-corrected chi connectivity index (χ0v) is 10.5. The molecule has 0 amide bonds. The lowest BCUT2D eigenvalue weighted by Crippen LogP contribution is -2.02. The Hall–Kier alpha value is -1.11. The monoisotopic (exact) mass is 314 g/mol. The lowest BCUT2D eigenvalue weighted by molar-refractivity contribution is 0.672. The number of rotatable bonds is 3. The summed E-state index contributed by atoms with van der Waals surface area (Å²) in [4.78, 5) is 4.29. The SMILES string of the molecule is CNc1ccnc(Cn2cc(I)cn2)c1. The fraction of sp³-hybridized carbons (Fsp3) is 0.200. The highest BCUT2D eigenvalue weighted by Crippen LogP contribution is 2.09. The maximum Gasteiger partial charge on any atom is 0.0832 e. The van der Waals surface area contributed by atoms with Crippen molar-refractivity contribution in [3.8, 4) is 0 Å². The highest BCUT2D eigenvalue weighted by Gasteiger charge is 1.99. The van der Waals surface area contributed by atoms with Crippen LogP contribution in [-0.2, 0) is 6.54 Å². The summed E-state index contributed by atoms with van der Waals surface area (Å²) in [6, 6.07) is 3.96. The van der Waals surface area contributed by atoms with Crippen LogP contribution in [0.1, 0.15) is 5.69 Å². The van der Waals surface area contributed by atoms with E-state index in [4.69, 9.17) is 0 Å². The van der Waals surface area contributed by atoms with E-state index in [1.54, 1.807) is 6.20 Å². The molecule has 0 saturated carbocycles. The number of aromatic nitrogens is 3. The van der Waals surface area contributed by atoms with Crippen LogP contribution in [0.3, 0.4) is 0 Å². The molecule has 5 heteroatoms. The van der Waals surface area contributed by atoms with Crippen LogP contribution in [0.5, 0.6) is 0 Å². The first kappa shape index (κ1) is 10.4. The van der Waals surface area contributed by atoms with Crippen LogP contribution < -0.4 is 5.32 Å². The van der Waals surface area contributed by atoms with Gasteiger partial charge >= 0.3 is 0 Å². The predicted molar refractivity (Wildman–Crippen MR) is 67.8 cm³/mol. The van der Waals surface area contributed by atoms with Gasteiger partial charge in [0.15, 0.2) is 0 Å². The predicted octanol–water partition coefficient (Wildman–Crippen LogP) is 1.97. The van der Waals surface area contributed by atoms with Crippen molar-refractivity contribution in [1.82, 2.24) is 14.8 Å². The first-order valence-electron chi connectivity index (χ1n) is 4.58. The van der Waals surface area contributed by atoms with Gasteiger partial charge < -0.3 is 5.32 Å². The topological polar surface area (TPSA) is 42.7 Å². The molecule has 0 fully saturated rings. The molecule has 4 nitrogen and oxygen atoms in total. The number of hydrogen-bond donors (Lipinski definition) is 1. The van der Waals surface area contributed by atoms with Crippen LogP contribution in [0.2, 0.25) is 0 Å². The highest BCUT2D eigenvalue weighted by atomic mass is 127. The van der Waals surface area contributed by atoms with E-state index < -0.39 is 0 Å². The third kappa shape index (κ3) is 2.68. The quantitative estimate of drug-likeness (QED) is 0.881. The van der Waals surface area contributed by atoms with E-state index in [0.717, 1.165) is 15.0 Å². The zero-order chi connectivity index (χ0) is 10.7. The van der Waals surface area contributed by atoms with Crippen molar-refractivity contribution in [2.24, 2.45) is 0 Å². The van der Waals surface area contributed by atoms with Crippen LogP contribution in [0.25, 0.3) is 0 Å². The first-order valence-corrected chi connectivity index (χ1v) is 5.66. The largest absolute Gasteiger partial charge is 0.388 e. The van der Waals surface area contributed by atoms with Gasteiger partial charge in [-0.15, -0.1) is 0 Å². The molecule has 0 aromatic carbocycles. The van der Waals surface area contributed by atoms with E-state index >= 15 is 0 Å². The molecule has 2 rings (SSSR count). The average molecular weight is 314 g/mol. The zero-order valence-electron chi connectivity index (χ0n) is 8.31. The second kappa shape index (κ2) is 4.61. The van der Waals surface area contributed by atoms with E-state index in [-0.39, 0.29) is 0 Å². The fourth-order valence-corrected chi connectivity index (χ4v) is 1.76. The van der Waals surface area contributed by atoms with Gasteiger partial charge in [-0.05, 0) is 34.7 Å². The molecule has 1 N–H and O–H groups in total. The Morgan fingerprint density at radius 2 is 2.40 bits per heavy atom. The molecule has 0 saturated heterocycles. The minimum Gasteiger partial charge on any atom is -0.388 e. The number of halogens is 1. The molecule has 0 radical (unpaired) electrons.